The fourth-order valence-electron chi connectivity index (χ4n) is 2.57. The van der Waals surface area contributed by atoms with Crippen molar-refractivity contribution in [2.24, 2.45) is 0 Å². The van der Waals surface area contributed by atoms with Gasteiger partial charge in [-0.2, -0.15) is 4.98 Å². The predicted molar refractivity (Wildman–Crippen MR) is 79.3 cm³/mol. The van der Waals surface area contributed by atoms with Gasteiger partial charge in [0.1, 0.15) is 0 Å². The zero-order chi connectivity index (χ0) is 15.0. The van der Waals surface area contributed by atoms with Crippen LogP contribution in [0.3, 0.4) is 0 Å². The highest BCUT2D eigenvalue weighted by atomic mass is 16.5. The maximum Gasteiger partial charge on any atom is 0.232 e. The number of rotatable bonds is 3. The van der Waals surface area contributed by atoms with Gasteiger partial charge in [0.05, 0.1) is 5.92 Å². The maximum atomic E-state index is 12.2. The Bertz CT molecular complexity index is 663. The third-order valence-electron chi connectivity index (χ3n) is 3.76. The fourth-order valence-corrected chi connectivity index (χ4v) is 2.57. The largest absolute Gasteiger partial charge is 0.339 e. The van der Waals surface area contributed by atoms with Gasteiger partial charge in [-0.05, 0) is 24.6 Å². The van der Waals surface area contributed by atoms with E-state index in [1.165, 1.54) is 0 Å². The lowest BCUT2D eigenvalue weighted by atomic mass is 10.1. The summed E-state index contributed by atoms with van der Waals surface area (Å²) in [6.07, 6.45) is 0.424. The Morgan fingerprint density at radius 2 is 2.19 bits per heavy atom. The molecule has 3 rings (SSSR count). The topological polar surface area (TPSA) is 59.2 Å². The summed E-state index contributed by atoms with van der Waals surface area (Å²) in [6, 6.07) is 7.97. The minimum atomic E-state index is -0.0157. The molecule has 0 N–H and O–H groups in total. The number of carbonyl (C=O) groups is 1. The average Bonchev–Trinajstić information content (AvgIpc) is 3.05. The molecule has 1 aliphatic rings. The number of benzene rings is 1. The number of aromatic nitrogens is 2. The Kier molecular flexibility index (Phi) is 3.49. The molecule has 1 atom stereocenters. The number of nitrogens with zero attached hydrogens (tertiary/aromatic N) is 3. The molecule has 0 unspecified atom stereocenters. The molecule has 0 saturated carbocycles. The van der Waals surface area contributed by atoms with Crippen molar-refractivity contribution in [2.45, 2.75) is 39.0 Å². The van der Waals surface area contributed by atoms with Crippen LogP contribution in [0.2, 0.25) is 0 Å². The van der Waals surface area contributed by atoms with Gasteiger partial charge in [-0.1, -0.05) is 31.1 Å². The lowest BCUT2D eigenvalue weighted by Crippen LogP contribution is -2.24. The van der Waals surface area contributed by atoms with Crippen LogP contribution in [0, 0.1) is 6.92 Å². The predicted octanol–water partition coefficient (Wildman–Crippen LogP) is 3.02. The Balaban J connectivity index is 1.80. The SMILES string of the molecule is Cc1cccc(N2C[C@@H](c3nc(C(C)C)no3)CC2=O)c1. The smallest absolute Gasteiger partial charge is 0.232 e. The first-order valence-corrected chi connectivity index (χ1v) is 7.25. The Labute approximate surface area is 124 Å². The molecular weight excluding hydrogens is 266 g/mol. The van der Waals surface area contributed by atoms with E-state index >= 15 is 0 Å². The number of anilines is 1. The third kappa shape index (κ3) is 2.68. The molecule has 0 aliphatic carbocycles. The van der Waals surface area contributed by atoms with Crippen LogP contribution in [0.1, 0.15) is 49.4 Å². The van der Waals surface area contributed by atoms with E-state index in [1.54, 1.807) is 4.90 Å². The van der Waals surface area contributed by atoms with Crippen molar-refractivity contribution in [3.63, 3.8) is 0 Å². The minimum Gasteiger partial charge on any atom is -0.339 e. The second-order valence-corrected chi connectivity index (χ2v) is 5.89. The number of aryl methyl sites for hydroxylation is 1. The molecule has 1 saturated heterocycles. The van der Waals surface area contributed by atoms with Gasteiger partial charge in [0, 0.05) is 24.6 Å². The van der Waals surface area contributed by atoms with Crippen LogP contribution in [0.15, 0.2) is 28.8 Å². The van der Waals surface area contributed by atoms with Crippen molar-refractivity contribution in [1.29, 1.82) is 0 Å². The number of hydrogen-bond acceptors (Lipinski definition) is 4. The summed E-state index contributed by atoms with van der Waals surface area (Å²) in [6.45, 7) is 6.66. The van der Waals surface area contributed by atoms with Crippen LogP contribution in [-0.4, -0.2) is 22.6 Å². The van der Waals surface area contributed by atoms with Gasteiger partial charge in [-0.3, -0.25) is 4.79 Å². The van der Waals surface area contributed by atoms with E-state index in [9.17, 15) is 4.79 Å². The van der Waals surface area contributed by atoms with E-state index in [0.29, 0.717) is 24.7 Å². The fraction of sp³-hybridized carbons (Fsp3) is 0.438. The van der Waals surface area contributed by atoms with Gasteiger partial charge in [0.25, 0.3) is 0 Å². The first-order valence-electron chi connectivity index (χ1n) is 7.25. The second kappa shape index (κ2) is 5.31. The highest BCUT2D eigenvalue weighted by Crippen LogP contribution is 2.31. The first kappa shape index (κ1) is 13.8. The molecule has 2 aromatic rings. The van der Waals surface area contributed by atoms with Gasteiger partial charge < -0.3 is 9.42 Å². The number of amides is 1. The normalized spacial score (nSPS) is 18.8. The van der Waals surface area contributed by atoms with Crippen LogP contribution in [0.4, 0.5) is 5.69 Å². The molecule has 1 aliphatic heterocycles. The zero-order valence-electron chi connectivity index (χ0n) is 12.5. The first-order chi connectivity index (χ1) is 10.0. The highest BCUT2D eigenvalue weighted by Gasteiger charge is 2.35. The standard InChI is InChI=1S/C16H19N3O2/c1-10(2)15-17-16(21-18-15)12-8-14(20)19(9-12)13-6-4-5-11(3)7-13/h4-7,10,12H,8-9H2,1-3H3/t12-/m0/s1. The Hall–Kier alpha value is -2.17. The summed E-state index contributed by atoms with van der Waals surface area (Å²) in [5.74, 6) is 1.59. The molecule has 1 fully saturated rings. The molecule has 1 amide bonds. The molecule has 21 heavy (non-hydrogen) atoms. The molecule has 5 nitrogen and oxygen atoms in total. The molecule has 2 heterocycles. The summed E-state index contributed by atoms with van der Waals surface area (Å²) >= 11 is 0. The lowest BCUT2D eigenvalue weighted by molar-refractivity contribution is -0.117. The number of hydrogen-bond donors (Lipinski definition) is 0. The third-order valence-corrected chi connectivity index (χ3v) is 3.76. The monoisotopic (exact) mass is 285 g/mol. The van der Waals surface area contributed by atoms with Crippen molar-refractivity contribution in [1.82, 2.24) is 10.1 Å². The van der Waals surface area contributed by atoms with Crippen molar-refractivity contribution in [3.8, 4) is 0 Å². The van der Waals surface area contributed by atoms with Gasteiger partial charge in [-0.25, -0.2) is 0 Å². The van der Waals surface area contributed by atoms with E-state index < -0.39 is 0 Å². The van der Waals surface area contributed by atoms with E-state index in [2.05, 4.69) is 10.1 Å². The van der Waals surface area contributed by atoms with Crippen molar-refractivity contribution >= 4 is 11.6 Å². The summed E-state index contributed by atoms with van der Waals surface area (Å²) in [4.78, 5) is 18.5. The van der Waals surface area contributed by atoms with E-state index in [-0.39, 0.29) is 17.7 Å². The van der Waals surface area contributed by atoms with Crippen LogP contribution in [0.25, 0.3) is 0 Å². The van der Waals surface area contributed by atoms with Crippen molar-refractivity contribution in [3.05, 3.63) is 41.5 Å². The molecule has 0 spiro atoms. The molecule has 1 aromatic carbocycles. The summed E-state index contributed by atoms with van der Waals surface area (Å²) in [5.41, 5.74) is 2.08. The Morgan fingerprint density at radius 3 is 2.86 bits per heavy atom. The summed E-state index contributed by atoms with van der Waals surface area (Å²) < 4.78 is 5.33. The van der Waals surface area contributed by atoms with Gasteiger partial charge in [0.15, 0.2) is 5.82 Å². The van der Waals surface area contributed by atoms with E-state index in [1.807, 2.05) is 45.0 Å². The number of carbonyl (C=O) groups excluding carboxylic acids is 1. The quantitative estimate of drug-likeness (QED) is 0.869. The Morgan fingerprint density at radius 1 is 1.38 bits per heavy atom. The average molecular weight is 285 g/mol. The summed E-state index contributed by atoms with van der Waals surface area (Å²) in [5, 5.41) is 3.98. The molecule has 1 aromatic heterocycles. The molecule has 0 bridgehead atoms. The van der Waals surface area contributed by atoms with Gasteiger partial charge in [0.2, 0.25) is 11.8 Å². The molecule has 5 heteroatoms. The van der Waals surface area contributed by atoms with Crippen LogP contribution >= 0.6 is 0 Å². The highest BCUT2D eigenvalue weighted by molar-refractivity contribution is 5.96. The van der Waals surface area contributed by atoms with Crippen molar-refractivity contribution in [2.75, 3.05) is 11.4 Å². The summed E-state index contributed by atoms with van der Waals surface area (Å²) in [7, 11) is 0. The van der Waals surface area contributed by atoms with Crippen LogP contribution in [-0.2, 0) is 4.79 Å². The van der Waals surface area contributed by atoms with Gasteiger partial charge in [-0.15, -0.1) is 0 Å². The molecular formula is C16H19N3O2. The van der Waals surface area contributed by atoms with Crippen molar-refractivity contribution < 1.29 is 9.32 Å². The minimum absolute atomic E-state index is 0.0157. The maximum absolute atomic E-state index is 12.2. The van der Waals surface area contributed by atoms with Crippen LogP contribution < -0.4 is 4.90 Å². The van der Waals surface area contributed by atoms with E-state index in [4.69, 9.17) is 4.52 Å². The molecule has 110 valence electrons. The molecule has 0 radical (unpaired) electrons. The second-order valence-electron chi connectivity index (χ2n) is 5.89. The van der Waals surface area contributed by atoms with Crippen LogP contribution in [0.5, 0.6) is 0 Å². The zero-order valence-corrected chi connectivity index (χ0v) is 12.5. The van der Waals surface area contributed by atoms with E-state index in [0.717, 1.165) is 11.3 Å². The van der Waals surface area contributed by atoms with Gasteiger partial charge >= 0.3 is 0 Å². The lowest BCUT2D eigenvalue weighted by Gasteiger charge is -2.16.